The number of Topliss-reactive ketones (excluding diaryl/α,β-unsaturated/α-hetero) is 1. The number of carbonyl (C=O) groups is 4. The molecule has 0 saturated carbocycles. The summed E-state index contributed by atoms with van der Waals surface area (Å²) >= 11 is 0. The Morgan fingerprint density at radius 1 is 1.16 bits per heavy atom. The first-order valence-electron chi connectivity index (χ1n) is 10.2. The van der Waals surface area contributed by atoms with E-state index in [4.69, 9.17) is 19.6 Å². The number of hydrogen-bond acceptors (Lipinski definition) is 8. The van der Waals surface area contributed by atoms with Crippen molar-refractivity contribution in [1.82, 2.24) is 0 Å². The molecule has 3 aliphatic rings. The highest BCUT2D eigenvalue weighted by atomic mass is 16.5. The Balaban J connectivity index is 2.06. The number of carbonyl (C=O) groups excluding carboxylic acids is 4. The zero-order valence-electron chi connectivity index (χ0n) is 18.3. The zero-order chi connectivity index (χ0) is 23.4. The largest absolute Gasteiger partial charge is 0.468 e. The number of ketones is 1. The Labute approximate surface area is 184 Å². The molecule has 2 aliphatic heterocycles. The maximum Gasteiger partial charge on any atom is 0.325 e. The minimum atomic E-state index is -1.85. The molecular weight excluding hydrogens is 416 g/mol. The summed E-state index contributed by atoms with van der Waals surface area (Å²) < 4.78 is 15.4. The van der Waals surface area contributed by atoms with E-state index >= 15 is 0 Å². The van der Waals surface area contributed by atoms with Crippen LogP contribution in [-0.4, -0.2) is 50.3 Å². The number of hydrogen-bond donors (Lipinski definition) is 1. The molecule has 2 unspecified atom stereocenters. The lowest BCUT2D eigenvalue weighted by Crippen LogP contribution is -2.58. The first-order chi connectivity index (χ1) is 15.1. The Bertz CT molecular complexity index is 1100. The van der Waals surface area contributed by atoms with Crippen molar-refractivity contribution in [3.05, 3.63) is 41.2 Å². The van der Waals surface area contributed by atoms with Crippen LogP contribution in [0.1, 0.15) is 32.3 Å². The van der Waals surface area contributed by atoms with Gasteiger partial charge in [0.1, 0.15) is 17.7 Å². The van der Waals surface area contributed by atoms with E-state index in [0.29, 0.717) is 17.7 Å². The molecule has 4 rings (SSSR count). The van der Waals surface area contributed by atoms with Crippen molar-refractivity contribution in [2.24, 2.45) is 11.3 Å². The van der Waals surface area contributed by atoms with Gasteiger partial charge in [0.25, 0.3) is 0 Å². The zero-order valence-corrected chi connectivity index (χ0v) is 18.3. The van der Waals surface area contributed by atoms with Crippen LogP contribution in [0, 0.1) is 16.7 Å². The van der Waals surface area contributed by atoms with E-state index in [9.17, 15) is 19.2 Å². The standard InChI is InChI=1S/C23H24N2O7/c1-22(2)9-14(26)17-15(10-22)32-19(24)18(20(28)31-4)23(17)12-7-5-6-8-13(12)25(21(23)29)11-16(27)30-3/h5-8,18,24H,9-11H2,1-4H3. The van der Waals surface area contributed by atoms with Gasteiger partial charge in [-0.2, -0.15) is 0 Å². The third kappa shape index (κ3) is 2.87. The lowest BCUT2D eigenvalue weighted by molar-refractivity contribution is -0.148. The predicted molar refractivity (Wildman–Crippen MR) is 112 cm³/mol. The monoisotopic (exact) mass is 440 g/mol. The second-order valence-corrected chi connectivity index (χ2v) is 8.95. The number of benzene rings is 1. The van der Waals surface area contributed by atoms with Gasteiger partial charge in [-0.1, -0.05) is 32.0 Å². The SMILES string of the molecule is COC(=O)CN1C(=O)C2(C3=C(CC(C)(C)CC3=O)OC(=N)C2C(=O)OC)c2ccccc21. The second-order valence-electron chi connectivity index (χ2n) is 8.95. The lowest BCUT2D eigenvalue weighted by Gasteiger charge is -2.44. The Hall–Kier alpha value is -3.49. The van der Waals surface area contributed by atoms with Crippen LogP contribution < -0.4 is 4.90 Å². The highest BCUT2D eigenvalue weighted by Gasteiger charge is 2.67. The third-order valence-corrected chi connectivity index (χ3v) is 6.31. The van der Waals surface area contributed by atoms with Crippen LogP contribution in [0.3, 0.4) is 0 Å². The van der Waals surface area contributed by atoms with Gasteiger partial charge < -0.3 is 14.2 Å². The van der Waals surface area contributed by atoms with Crippen LogP contribution in [0.15, 0.2) is 35.6 Å². The summed E-state index contributed by atoms with van der Waals surface area (Å²) in [4.78, 5) is 53.8. The first kappa shape index (κ1) is 21.7. The number of methoxy groups -OCH3 is 2. The van der Waals surface area contributed by atoms with Gasteiger partial charge in [-0.05, 0) is 17.0 Å². The van der Waals surface area contributed by atoms with Crippen molar-refractivity contribution in [1.29, 1.82) is 5.41 Å². The molecule has 1 spiro atoms. The molecule has 9 nitrogen and oxygen atoms in total. The minimum Gasteiger partial charge on any atom is -0.468 e. The number of anilines is 1. The van der Waals surface area contributed by atoms with Crippen LogP contribution in [-0.2, 0) is 38.8 Å². The van der Waals surface area contributed by atoms with Crippen LogP contribution in [0.5, 0.6) is 0 Å². The third-order valence-electron chi connectivity index (χ3n) is 6.31. The van der Waals surface area contributed by atoms with Gasteiger partial charge in [0, 0.05) is 18.5 Å². The van der Waals surface area contributed by atoms with E-state index in [2.05, 4.69) is 0 Å². The number of rotatable bonds is 3. The highest BCUT2D eigenvalue weighted by Crippen LogP contribution is 2.57. The number of amides is 1. The van der Waals surface area contributed by atoms with E-state index in [0.717, 1.165) is 7.11 Å². The molecule has 0 fully saturated rings. The molecule has 0 saturated heterocycles. The van der Waals surface area contributed by atoms with Crippen LogP contribution >= 0.6 is 0 Å². The molecule has 2 heterocycles. The van der Waals surface area contributed by atoms with Gasteiger partial charge >= 0.3 is 11.9 Å². The number of nitrogens with one attached hydrogen (secondary N) is 1. The van der Waals surface area contributed by atoms with E-state index in [1.165, 1.54) is 12.0 Å². The molecule has 0 bridgehead atoms. The summed E-state index contributed by atoms with van der Waals surface area (Å²) in [5.74, 6) is -4.29. The number of ether oxygens (including phenoxy) is 3. The van der Waals surface area contributed by atoms with E-state index in [1.807, 2.05) is 13.8 Å². The van der Waals surface area contributed by atoms with Gasteiger partial charge in [-0.15, -0.1) is 0 Å². The van der Waals surface area contributed by atoms with Gasteiger partial charge in [0.2, 0.25) is 11.8 Å². The van der Waals surface area contributed by atoms with Crippen LogP contribution in [0.4, 0.5) is 5.69 Å². The van der Waals surface area contributed by atoms with Crippen molar-refractivity contribution >= 4 is 35.2 Å². The molecule has 1 N–H and O–H groups in total. The van der Waals surface area contributed by atoms with Gasteiger partial charge in [-0.3, -0.25) is 29.5 Å². The number of para-hydroxylation sites is 1. The molecule has 1 aromatic rings. The molecule has 0 aromatic heterocycles. The molecule has 2 atom stereocenters. The number of esters is 2. The summed E-state index contributed by atoms with van der Waals surface area (Å²) in [5, 5.41) is 8.53. The highest BCUT2D eigenvalue weighted by molar-refractivity contribution is 6.24. The van der Waals surface area contributed by atoms with Gasteiger partial charge in [0.05, 0.1) is 19.8 Å². The molecule has 1 aromatic carbocycles. The summed E-state index contributed by atoms with van der Waals surface area (Å²) in [6.07, 6.45) is 0.461. The Kier molecular flexibility index (Phi) is 4.95. The maximum atomic E-state index is 14.1. The van der Waals surface area contributed by atoms with Crippen molar-refractivity contribution in [3.63, 3.8) is 0 Å². The number of allylic oxidation sites excluding steroid dienone is 1. The molecule has 168 valence electrons. The van der Waals surface area contributed by atoms with Gasteiger partial charge in [0.15, 0.2) is 11.7 Å². The van der Waals surface area contributed by atoms with Gasteiger partial charge in [-0.25, -0.2) is 0 Å². The quantitative estimate of drug-likeness (QED) is 0.712. The maximum absolute atomic E-state index is 14.1. The average molecular weight is 440 g/mol. The fraction of sp³-hybridized carbons (Fsp3) is 0.435. The fourth-order valence-corrected chi connectivity index (χ4v) is 5.08. The number of nitrogens with zero attached hydrogens (tertiary/aromatic N) is 1. The van der Waals surface area contributed by atoms with Crippen molar-refractivity contribution in [3.8, 4) is 0 Å². The molecule has 9 heteroatoms. The van der Waals surface area contributed by atoms with Crippen molar-refractivity contribution < 1.29 is 33.4 Å². The normalized spacial score (nSPS) is 25.9. The van der Waals surface area contributed by atoms with E-state index in [-0.39, 0.29) is 23.5 Å². The average Bonchev–Trinajstić information content (AvgIpc) is 2.95. The summed E-state index contributed by atoms with van der Waals surface area (Å²) in [5.41, 5.74) is -1.50. The van der Waals surface area contributed by atoms with Crippen LogP contribution in [0.2, 0.25) is 0 Å². The Morgan fingerprint density at radius 3 is 2.50 bits per heavy atom. The summed E-state index contributed by atoms with van der Waals surface area (Å²) in [6.45, 7) is 3.39. The lowest BCUT2D eigenvalue weighted by atomic mass is 9.59. The topological polar surface area (TPSA) is 123 Å². The summed E-state index contributed by atoms with van der Waals surface area (Å²) in [6, 6.07) is 6.64. The first-order valence-corrected chi connectivity index (χ1v) is 10.2. The minimum absolute atomic E-state index is 0.0630. The van der Waals surface area contributed by atoms with Crippen LogP contribution in [0.25, 0.3) is 0 Å². The molecule has 1 aliphatic carbocycles. The van der Waals surface area contributed by atoms with E-state index < -0.39 is 47.0 Å². The van der Waals surface area contributed by atoms with E-state index in [1.54, 1.807) is 24.3 Å². The molecular formula is C23H24N2O7. The molecule has 32 heavy (non-hydrogen) atoms. The van der Waals surface area contributed by atoms with Crippen molar-refractivity contribution in [2.75, 3.05) is 25.7 Å². The molecule has 1 amide bonds. The smallest absolute Gasteiger partial charge is 0.325 e. The Morgan fingerprint density at radius 2 is 1.84 bits per heavy atom. The molecule has 0 radical (unpaired) electrons. The summed E-state index contributed by atoms with van der Waals surface area (Å²) in [7, 11) is 2.36. The number of fused-ring (bicyclic) bond motifs is 3. The van der Waals surface area contributed by atoms with Crippen molar-refractivity contribution in [2.45, 2.75) is 32.1 Å². The fourth-order valence-electron chi connectivity index (χ4n) is 5.08. The second kappa shape index (κ2) is 7.29. The predicted octanol–water partition coefficient (Wildman–Crippen LogP) is 1.88.